The van der Waals surface area contributed by atoms with Gasteiger partial charge in [0.2, 0.25) is 5.91 Å². The summed E-state index contributed by atoms with van der Waals surface area (Å²) in [6.45, 7) is 2.94. The molecule has 1 N–H and O–H groups in total. The van der Waals surface area contributed by atoms with Crippen molar-refractivity contribution >= 4 is 17.8 Å². The van der Waals surface area contributed by atoms with E-state index >= 15 is 0 Å². The molecule has 0 radical (unpaired) electrons. The van der Waals surface area contributed by atoms with Gasteiger partial charge in [-0.15, -0.1) is 0 Å². The maximum Gasteiger partial charge on any atom is 0.301 e. The molecule has 0 aliphatic rings. The smallest absolute Gasteiger partial charge is 0.301 e. The standard InChI is InChI=1S/C20H19F2N3O2/c1-14-4-3-5-15(12-14)6-9-19(26)23-18-10-11-25(24-18)13-16-7-8-17(27-16)20(2,21)22/h3-12H,13H2,1-2H3,(H,23,24,26)/b9-6+. The molecule has 0 saturated carbocycles. The van der Waals surface area contributed by atoms with Gasteiger partial charge in [-0.25, -0.2) is 0 Å². The van der Waals surface area contributed by atoms with Crippen LogP contribution >= 0.6 is 0 Å². The van der Waals surface area contributed by atoms with Crippen LogP contribution in [-0.4, -0.2) is 15.7 Å². The zero-order chi connectivity index (χ0) is 19.4. The molecule has 0 aliphatic carbocycles. The third-order valence-electron chi connectivity index (χ3n) is 3.77. The number of carbonyl (C=O) groups is 1. The zero-order valence-corrected chi connectivity index (χ0v) is 14.9. The third kappa shape index (κ3) is 5.13. The topological polar surface area (TPSA) is 60.1 Å². The van der Waals surface area contributed by atoms with E-state index in [-0.39, 0.29) is 18.2 Å². The predicted octanol–water partition coefficient (Wildman–Crippen LogP) is 4.60. The molecule has 0 saturated heterocycles. The van der Waals surface area contributed by atoms with Gasteiger partial charge in [0.25, 0.3) is 0 Å². The Morgan fingerprint density at radius 1 is 1.30 bits per heavy atom. The fraction of sp³-hybridized carbons (Fsp3) is 0.200. The van der Waals surface area contributed by atoms with Gasteiger partial charge >= 0.3 is 5.92 Å². The molecular formula is C20H19F2N3O2. The minimum absolute atomic E-state index is 0.186. The van der Waals surface area contributed by atoms with Gasteiger partial charge in [-0.3, -0.25) is 9.48 Å². The molecule has 0 atom stereocenters. The number of aromatic nitrogens is 2. The Bertz CT molecular complexity index is 968. The fourth-order valence-corrected chi connectivity index (χ4v) is 2.49. The Hall–Kier alpha value is -3.22. The van der Waals surface area contributed by atoms with Gasteiger partial charge in [0.1, 0.15) is 5.76 Å². The van der Waals surface area contributed by atoms with Crippen molar-refractivity contribution in [3.05, 3.63) is 77.4 Å². The molecule has 7 heteroatoms. The van der Waals surface area contributed by atoms with Gasteiger partial charge in [0, 0.05) is 25.3 Å². The number of furan rings is 1. The molecule has 2 aromatic heterocycles. The number of anilines is 1. The molecule has 0 spiro atoms. The van der Waals surface area contributed by atoms with E-state index in [2.05, 4.69) is 10.4 Å². The monoisotopic (exact) mass is 371 g/mol. The van der Waals surface area contributed by atoms with Crippen LogP contribution in [0.1, 0.15) is 29.6 Å². The normalized spacial score (nSPS) is 11.9. The molecule has 3 rings (SSSR count). The summed E-state index contributed by atoms with van der Waals surface area (Å²) >= 11 is 0. The van der Waals surface area contributed by atoms with Gasteiger partial charge in [-0.05, 0) is 30.7 Å². The summed E-state index contributed by atoms with van der Waals surface area (Å²) < 4.78 is 33.0. The molecule has 140 valence electrons. The van der Waals surface area contributed by atoms with Gasteiger partial charge in [-0.2, -0.15) is 13.9 Å². The lowest BCUT2D eigenvalue weighted by Crippen LogP contribution is -2.09. The molecule has 1 amide bonds. The van der Waals surface area contributed by atoms with E-state index in [9.17, 15) is 13.6 Å². The first-order valence-corrected chi connectivity index (χ1v) is 8.36. The van der Waals surface area contributed by atoms with Crippen LogP contribution in [0.3, 0.4) is 0 Å². The second-order valence-corrected chi connectivity index (χ2v) is 6.29. The number of carbonyl (C=O) groups excluding carboxylic acids is 1. The van der Waals surface area contributed by atoms with Gasteiger partial charge in [-0.1, -0.05) is 29.8 Å². The largest absolute Gasteiger partial charge is 0.458 e. The number of hydrogen-bond donors (Lipinski definition) is 1. The molecular weight excluding hydrogens is 352 g/mol. The molecule has 0 aliphatic heterocycles. The van der Waals surface area contributed by atoms with E-state index in [1.54, 1.807) is 18.3 Å². The van der Waals surface area contributed by atoms with Gasteiger partial charge < -0.3 is 9.73 Å². The Kier molecular flexibility index (Phi) is 5.21. The third-order valence-corrected chi connectivity index (χ3v) is 3.77. The predicted molar refractivity (Wildman–Crippen MR) is 98.4 cm³/mol. The summed E-state index contributed by atoms with van der Waals surface area (Å²) in [6.07, 6.45) is 4.77. The Balaban J connectivity index is 1.59. The zero-order valence-electron chi connectivity index (χ0n) is 14.9. The fourth-order valence-electron chi connectivity index (χ4n) is 2.49. The second-order valence-electron chi connectivity index (χ2n) is 6.29. The minimum atomic E-state index is -3.02. The maximum atomic E-state index is 13.2. The molecule has 3 aromatic rings. The van der Waals surface area contributed by atoms with E-state index < -0.39 is 5.92 Å². The van der Waals surface area contributed by atoms with Crippen LogP contribution in [0.4, 0.5) is 14.6 Å². The number of nitrogens with zero attached hydrogens (tertiary/aromatic N) is 2. The molecule has 5 nitrogen and oxygen atoms in total. The molecule has 2 heterocycles. The van der Waals surface area contributed by atoms with Crippen LogP contribution < -0.4 is 5.32 Å². The van der Waals surface area contributed by atoms with E-state index in [0.717, 1.165) is 18.1 Å². The van der Waals surface area contributed by atoms with Crippen molar-refractivity contribution in [3.8, 4) is 0 Å². The summed E-state index contributed by atoms with van der Waals surface area (Å²) in [4.78, 5) is 12.0. The molecule has 0 fully saturated rings. The number of aryl methyl sites for hydroxylation is 1. The van der Waals surface area contributed by atoms with Crippen LogP contribution in [-0.2, 0) is 17.3 Å². The van der Waals surface area contributed by atoms with Crippen molar-refractivity contribution in [2.24, 2.45) is 0 Å². The number of amides is 1. The highest BCUT2D eigenvalue weighted by Crippen LogP contribution is 2.28. The van der Waals surface area contributed by atoms with E-state index in [0.29, 0.717) is 11.6 Å². The first-order valence-electron chi connectivity index (χ1n) is 8.36. The Morgan fingerprint density at radius 2 is 2.11 bits per heavy atom. The molecule has 0 unspecified atom stereocenters. The SMILES string of the molecule is Cc1cccc(/C=C/C(=O)Nc2ccn(Cc3ccc(C(C)(F)F)o3)n2)c1. The summed E-state index contributed by atoms with van der Waals surface area (Å²) in [5.74, 6) is -3.01. The Labute approximate surface area is 155 Å². The molecule has 0 bridgehead atoms. The van der Waals surface area contributed by atoms with Crippen LogP contribution in [0.5, 0.6) is 0 Å². The number of hydrogen-bond acceptors (Lipinski definition) is 3. The number of benzene rings is 1. The van der Waals surface area contributed by atoms with Gasteiger partial charge in [0.05, 0.1) is 6.54 Å². The lowest BCUT2D eigenvalue weighted by atomic mass is 10.1. The highest BCUT2D eigenvalue weighted by atomic mass is 19.3. The van der Waals surface area contributed by atoms with Gasteiger partial charge in [0.15, 0.2) is 11.6 Å². The first-order chi connectivity index (χ1) is 12.8. The van der Waals surface area contributed by atoms with E-state index in [1.807, 2.05) is 31.2 Å². The van der Waals surface area contributed by atoms with Crippen molar-refractivity contribution in [1.29, 1.82) is 0 Å². The summed E-state index contributed by atoms with van der Waals surface area (Å²) in [5.41, 5.74) is 2.04. The van der Waals surface area contributed by atoms with Crippen molar-refractivity contribution in [2.45, 2.75) is 26.3 Å². The van der Waals surface area contributed by atoms with Crippen molar-refractivity contribution in [1.82, 2.24) is 9.78 Å². The number of rotatable bonds is 6. The average Bonchev–Trinajstić information content (AvgIpc) is 3.23. The van der Waals surface area contributed by atoms with Crippen LogP contribution in [0.25, 0.3) is 6.08 Å². The highest BCUT2D eigenvalue weighted by molar-refractivity contribution is 6.01. The summed E-state index contributed by atoms with van der Waals surface area (Å²) in [7, 11) is 0. The van der Waals surface area contributed by atoms with Crippen molar-refractivity contribution in [3.63, 3.8) is 0 Å². The number of nitrogens with one attached hydrogen (secondary N) is 1. The first kappa shape index (κ1) is 18.6. The highest BCUT2D eigenvalue weighted by Gasteiger charge is 2.28. The summed E-state index contributed by atoms with van der Waals surface area (Å²) in [6, 6.07) is 12.1. The van der Waals surface area contributed by atoms with Crippen LogP contribution in [0.2, 0.25) is 0 Å². The lowest BCUT2D eigenvalue weighted by molar-refractivity contribution is -0.111. The van der Waals surface area contributed by atoms with E-state index in [4.69, 9.17) is 4.42 Å². The van der Waals surface area contributed by atoms with E-state index in [1.165, 1.54) is 22.9 Å². The Morgan fingerprint density at radius 3 is 2.81 bits per heavy atom. The van der Waals surface area contributed by atoms with Crippen LogP contribution in [0.15, 0.2) is 59.2 Å². The molecule has 27 heavy (non-hydrogen) atoms. The second kappa shape index (κ2) is 7.57. The number of alkyl halides is 2. The average molecular weight is 371 g/mol. The van der Waals surface area contributed by atoms with Crippen molar-refractivity contribution in [2.75, 3.05) is 5.32 Å². The number of halogens is 2. The van der Waals surface area contributed by atoms with Crippen LogP contribution in [0, 0.1) is 6.92 Å². The minimum Gasteiger partial charge on any atom is -0.458 e. The summed E-state index contributed by atoms with van der Waals surface area (Å²) in [5, 5.41) is 6.84. The van der Waals surface area contributed by atoms with Crippen molar-refractivity contribution < 1.29 is 18.0 Å². The molecule has 1 aromatic carbocycles. The lowest BCUT2D eigenvalue weighted by Gasteiger charge is -2.05. The quantitative estimate of drug-likeness (QED) is 0.645. The maximum absolute atomic E-state index is 13.2.